The average molecular weight is 523 g/mol. The molecule has 0 saturated heterocycles. The Hall–Kier alpha value is 1.36. The first-order valence-corrected chi connectivity index (χ1v) is 12.6. The van der Waals surface area contributed by atoms with E-state index in [9.17, 15) is 0 Å². The maximum absolute atomic E-state index is 8.73. The summed E-state index contributed by atoms with van der Waals surface area (Å²) in [5.74, 6) is 0. The molecule has 0 amide bonds. The van der Waals surface area contributed by atoms with Gasteiger partial charge in [-0.1, -0.05) is 73.5 Å². The highest BCUT2D eigenvalue weighted by Gasteiger charge is 2.14. The van der Waals surface area contributed by atoms with Crippen LogP contribution in [0.4, 0.5) is 0 Å². The van der Waals surface area contributed by atoms with E-state index >= 15 is 0 Å². The summed E-state index contributed by atoms with van der Waals surface area (Å²) in [6.45, 7) is 0.969. The third-order valence-corrected chi connectivity index (χ3v) is 5.71. The highest BCUT2D eigenvalue weighted by Crippen LogP contribution is 2.21. The molecule has 2 saturated carbocycles. The molecule has 2 fully saturated rings. The predicted molar refractivity (Wildman–Crippen MR) is 113 cm³/mol. The van der Waals surface area contributed by atoms with E-state index in [2.05, 4.69) is 47.8 Å². The summed E-state index contributed by atoms with van der Waals surface area (Å²) < 4.78 is 5.68. The van der Waals surface area contributed by atoms with Crippen LogP contribution < -0.4 is 0 Å². The van der Waals surface area contributed by atoms with E-state index in [-0.39, 0.29) is 6.10 Å². The minimum Gasteiger partial charge on any atom is -0.393 e. The number of alkyl halides is 3. The summed E-state index contributed by atoms with van der Waals surface area (Å²) >= 11 is 10.1. The largest absolute Gasteiger partial charge is 0.393 e. The Morgan fingerprint density at radius 2 is 1.13 bits per heavy atom. The van der Waals surface area contributed by atoms with Gasteiger partial charge in [-0.05, 0) is 51.4 Å². The molecule has 0 aromatic rings. The van der Waals surface area contributed by atoms with Crippen LogP contribution in [0.1, 0.15) is 77.0 Å². The lowest BCUT2D eigenvalue weighted by Gasteiger charge is -2.09. The van der Waals surface area contributed by atoms with Crippen molar-refractivity contribution in [3.05, 3.63) is 0 Å². The summed E-state index contributed by atoms with van der Waals surface area (Å²) in [5, 5.41) is 12.1. The molecule has 0 unspecified atom stereocenters. The van der Waals surface area contributed by atoms with Crippen LogP contribution in [-0.2, 0) is 4.74 Å². The standard InChI is InChI=1S/C9H17BrO.C5H10O.C4H8Br2/c10-7-3-4-8-11-9-5-1-2-6-9;6-5-3-1-2-4-5;5-3-1-2-4-6/h9H,1-8H2;5-6H,1-4H2;1-4H2. The van der Waals surface area contributed by atoms with Gasteiger partial charge < -0.3 is 9.84 Å². The number of hydrogen-bond acceptors (Lipinski definition) is 2. The molecule has 0 radical (unpaired) electrons. The quantitative estimate of drug-likeness (QED) is 0.287. The molecule has 2 aliphatic rings. The fourth-order valence-electron chi connectivity index (χ4n) is 2.59. The summed E-state index contributed by atoms with van der Waals surface area (Å²) in [6.07, 6.45) is 15.6. The summed E-state index contributed by atoms with van der Waals surface area (Å²) in [4.78, 5) is 0. The van der Waals surface area contributed by atoms with Crippen molar-refractivity contribution in [2.24, 2.45) is 0 Å². The van der Waals surface area contributed by atoms with E-state index < -0.39 is 0 Å². The first-order valence-electron chi connectivity index (χ1n) is 9.22. The van der Waals surface area contributed by atoms with Crippen LogP contribution in [-0.4, -0.2) is 39.9 Å². The zero-order chi connectivity index (χ0) is 17.2. The molecular weight excluding hydrogens is 488 g/mol. The SMILES string of the molecule is BrCCCCBr.BrCCCCOC1CCCC1.OC1CCCC1. The van der Waals surface area contributed by atoms with Gasteiger partial charge in [0.2, 0.25) is 0 Å². The Labute approximate surface area is 168 Å². The molecule has 0 aromatic heterocycles. The fraction of sp³-hybridized carbons (Fsp3) is 1.00. The molecule has 23 heavy (non-hydrogen) atoms. The lowest BCUT2D eigenvalue weighted by molar-refractivity contribution is 0.0566. The normalized spacial score (nSPS) is 18.3. The van der Waals surface area contributed by atoms with Gasteiger partial charge in [0, 0.05) is 22.6 Å². The van der Waals surface area contributed by atoms with Crippen molar-refractivity contribution >= 4 is 47.8 Å². The Morgan fingerprint density at radius 1 is 0.696 bits per heavy atom. The van der Waals surface area contributed by atoms with Gasteiger partial charge in [0.25, 0.3) is 0 Å². The highest BCUT2D eigenvalue weighted by molar-refractivity contribution is 9.09. The number of hydrogen-bond donors (Lipinski definition) is 1. The molecule has 0 spiro atoms. The van der Waals surface area contributed by atoms with Crippen LogP contribution in [0.15, 0.2) is 0 Å². The second kappa shape index (κ2) is 19.7. The molecule has 1 N–H and O–H groups in total. The number of ether oxygens (including phenoxy) is 1. The Balaban J connectivity index is 0.000000344. The van der Waals surface area contributed by atoms with E-state index in [0.717, 1.165) is 35.4 Å². The molecule has 5 heteroatoms. The molecule has 140 valence electrons. The van der Waals surface area contributed by atoms with Gasteiger partial charge in [-0.3, -0.25) is 0 Å². The number of aliphatic hydroxyl groups is 1. The summed E-state index contributed by atoms with van der Waals surface area (Å²) in [7, 11) is 0. The lowest BCUT2D eigenvalue weighted by atomic mass is 10.3. The Morgan fingerprint density at radius 3 is 1.52 bits per heavy atom. The van der Waals surface area contributed by atoms with Crippen LogP contribution >= 0.6 is 47.8 Å². The minimum absolute atomic E-state index is 0.0463. The van der Waals surface area contributed by atoms with Crippen molar-refractivity contribution in [2.75, 3.05) is 22.6 Å². The molecule has 0 aliphatic heterocycles. The third kappa shape index (κ3) is 18.0. The van der Waals surface area contributed by atoms with Crippen LogP contribution in [0, 0.1) is 0 Å². The van der Waals surface area contributed by atoms with Crippen molar-refractivity contribution in [3.63, 3.8) is 0 Å². The van der Waals surface area contributed by atoms with Crippen molar-refractivity contribution in [3.8, 4) is 0 Å². The zero-order valence-corrected chi connectivity index (χ0v) is 19.2. The van der Waals surface area contributed by atoms with Gasteiger partial charge in [-0.2, -0.15) is 0 Å². The Bertz CT molecular complexity index is 214. The topological polar surface area (TPSA) is 29.5 Å². The molecule has 0 aromatic carbocycles. The molecule has 2 aliphatic carbocycles. The van der Waals surface area contributed by atoms with E-state index in [1.807, 2.05) is 0 Å². The fourth-order valence-corrected chi connectivity index (χ4v) is 3.78. The van der Waals surface area contributed by atoms with Gasteiger partial charge in [-0.15, -0.1) is 0 Å². The van der Waals surface area contributed by atoms with Crippen molar-refractivity contribution in [2.45, 2.75) is 89.3 Å². The molecule has 0 heterocycles. The second-order valence-corrected chi connectivity index (χ2v) is 8.58. The predicted octanol–water partition coefficient (Wildman–Crippen LogP) is 6.60. The second-order valence-electron chi connectivity index (χ2n) is 6.20. The molecule has 0 atom stereocenters. The van der Waals surface area contributed by atoms with E-state index in [1.54, 1.807) is 0 Å². The monoisotopic (exact) mass is 520 g/mol. The van der Waals surface area contributed by atoms with Crippen molar-refractivity contribution < 1.29 is 9.84 Å². The number of halogens is 3. The van der Waals surface area contributed by atoms with Gasteiger partial charge in [0.05, 0.1) is 12.2 Å². The average Bonchev–Trinajstić information content (AvgIpc) is 3.24. The summed E-state index contributed by atoms with van der Waals surface area (Å²) in [5.41, 5.74) is 0. The van der Waals surface area contributed by atoms with Crippen LogP contribution in [0.2, 0.25) is 0 Å². The van der Waals surface area contributed by atoms with Gasteiger partial charge >= 0.3 is 0 Å². The molecule has 2 rings (SSSR count). The van der Waals surface area contributed by atoms with Crippen LogP contribution in [0.5, 0.6) is 0 Å². The molecule has 0 bridgehead atoms. The third-order valence-electron chi connectivity index (χ3n) is 4.03. The minimum atomic E-state index is 0.0463. The summed E-state index contributed by atoms with van der Waals surface area (Å²) in [6, 6.07) is 0. The number of unbranched alkanes of at least 4 members (excludes halogenated alkanes) is 2. The van der Waals surface area contributed by atoms with E-state index in [1.165, 1.54) is 64.2 Å². The van der Waals surface area contributed by atoms with Gasteiger partial charge in [0.1, 0.15) is 0 Å². The smallest absolute Gasteiger partial charge is 0.0575 e. The van der Waals surface area contributed by atoms with Gasteiger partial charge in [0.15, 0.2) is 0 Å². The van der Waals surface area contributed by atoms with Crippen molar-refractivity contribution in [1.29, 1.82) is 0 Å². The van der Waals surface area contributed by atoms with E-state index in [0.29, 0.717) is 6.10 Å². The van der Waals surface area contributed by atoms with Gasteiger partial charge in [-0.25, -0.2) is 0 Å². The van der Waals surface area contributed by atoms with E-state index in [4.69, 9.17) is 9.84 Å². The van der Waals surface area contributed by atoms with Crippen molar-refractivity contribution in [1.82, 2.24) is 0 Å². The lowest BCUT2D eigenvalue weighted by Crippen LogP contribution is -2.08. The molecular formula is C18H35Br3O2. The first-order chi connectivity index (χ1) is 11.2. The van der Waals surface area contributed by atoms with Crippen LogP contribution in [0.25, 0.3) is 0 Å². The maximum atomic E-state index is 8.73. The zero-order valence-electron chi connectivity index (χ0n) is 14.5. The van der Waals surface area contributed by atoms with Crippen LogP contribution in [0.3, 0.4) is 0 Å². The highest BCUT2D eigenvalue weighted by atomic mass is 79.9. The molecule has 2 nitrogen and oxygen atoms in total. The maximum Gasteiger partial charge on any atom is 0.0575 e. The Kier molecular flexibility index (Phi) is 20.8. The number of aliphatic hydroxyl groups excluding tert-OH is 1. The first kappa shape index (κ1) is 24.4. The number of rotatable bonds is 8.